The van der Waals surface area contributed by atoms with Gasteiger partial charge >= 0.3 is 6.03 Å². The topological polar surface area (TPSA) is 41.6 Å². The highest BCUT2D eigenvalue weighted by atomic mass is 16.5. The standard InChI is InChI=1S/C18H26N2O2/c1-14-13-22-17(15-8-4-2-5-9-15)12-20(14)18(21)19-16-10-6-3-7-11-16/h2,4-5,8-9,14,16-17H,3,6-7,10-13H2,1H3,(H,19,21). The molecule has 2 atom stereocenters. The Balaban J connectivity index is 1.62. The van der Waals surface area contributed by atoms with E-state index in [0.29, 0.717) is 19.2 Å². The quantitative estimate of drug-likeness (QED) is 0.908. The minimum Gasteiger partial charge on any atom is -0.370 e. The highest BCUT2D eigenvalue weighted by Crippen LogP contribution is 2.25. The number of ether oxygens (including phenoxy) is 1. The van der Waals surface area contributed by atoms with Crippen molar-refractivity contribution in [3.63, 3.8) is 0 Å². The van der Waals surface area contributed by atoms with E-state index in [4.69, 9.17) is 4.74 Å². The number of nitrogens with one attached hydrogen (secondary N) is 1. The van der Waals surface area contributed by atoms with Crippen LogP contribution in [0, 0.1) is 0 Å². The Bertz CT molecular complexity index is 485. The minimum absolute atomic E-state index is 0.0190. The lowest BCUT2D eigenvalue weighted by atomic mass is 9.95. The molecule has 1 aliphatic carbocycles. The van der Waals surface area contributed by atoms with E-state index in [2.05, 4.69) is 24.4 Å². The van der Waals surface area contributed by atoms with E-state index < -0.39 is 0 Å². The van der Waals surface area contributed by atoms with E-state index in [1.165, 1.54) is 19.3 Å². The molecule has 1 aromatic carbocycles. The number of morpholine rings is 1. The van der Waals surface area contributed by atoms with Gasteiger partial charge in [-0.2, -0.15) is 0 Å². The van der Waals surface area contributed by atoms with E-state index in [1.807, 2.05) is 23.1 Å². The maximum atomic E-state index is 12.6. The smallest absolute Gasteiger partial charge is 0.318 e. The summed E-state index contributed by atoms with van der Waals surface area (Å²) in [6.07, 6.45) is 5.98. The Morgan fingerprint density at radius 2 is 1.91 bits per heavy atom. The van der Waals surface area contributed by atoms with Gasteiger partial charge in [0, 0.05) is 6.04 Å². The predicted octanol–water partition coefficient (Wildman–Crippen LogP) is 3.49. The van der Waals surface area contributed by atoms with Crippen molar-refractivity contribution < 1.29 is 9.53 Å². The van der Waals surface area contributed by atoms with Crippen LogP contribution >= 0.6 is 0 Å². The number of amides is 2. The molecule has 2 aliphatic rings. The van der Waals surface area contributed by atoms with Crippen molar-refractivity contribution in [2.24, 2.45) is 0 Å². The van der Waals surface area contributed by atoms with Gasteiger partial charge in [0.25, 0.3) is 0 Å². The van der Waals surface area contributed by atoms with Gasteiger partial charge in [0.05, 0.1) is 19.2 Å². The van der Waals surface area contributed by atoms with Gasteiger partial charge in [-0.25, -0.2) is 4.79 Å². The Morgan fingerprint density at radius 1 is 1.18 bits per heavy atom. The van der Waals surface area contributed by atoms with E-state index >= 15 is 0 Å². The van der Waals surface area contributed by atoms with E-state index in [0.717, 1.165) is 18.4 Å². The van der Waals surface area contributed by atoms with Crippen molar-refractivity contribution in [3.8, 4) is 0 Å². The Hall–Kier alpha value is -1.55. The van der Waals surface area contributed by atoms with Crippen molar-refractivity contribution in [1.29, 1.82) is 0 Å². The number of benzene rings is 1. The van der Waals surface area contributed by atoms with Crippen molar-refractivity contribution in [3.05, 3.63) is 35.9 Å². The molecule has 1 heterocycles. The summed E-state index contributed by atoms with van der Waals surface area (Å²) in [4.78, 5) is 14.6. The first kappa shape index (κ1) is 15.3. The number of carbonyl (C=O) groups excluding carboxylic acids is 1. The SMILES string of the molecule is CC1COC(c2ccccc2)CN1C(=O)NC1CCCCC1. The van der Waals surface area contributed by atoms with Gasteiger partial charge < -0.3 is 15.0 Å². The lowest BCUT2D eigenvalue weighted by Gasteiger charge is -2.39. The van der Waals surface area contributed by atoms with Crippen molar-refractivity contribution >= 4 is 6.03 Å². The fraction of sp³-hybridized carbons (Fsp3) is 0.611. The molecule has 3 rings (SSSR count). The fourth-order valence-corrected chi connectivity index (χ4v) is 3.41. The number of rotatable bonds is 2. The number of carbonyl (C=O) groups is 1. The summed E-state index contributed by atoms with van der Waals surface area (Å²) in [5.74, 6) is 0. The second kappa shape index (κ2) is 7.14. The molecule has 0 radical (unpaired) electrons. The molecule has 2 amide bonds. The molecular formula is C18H26N2O2. The van der Waals surface area contributed by atoms with Crippen molar-refractivity contribution in [2.75, 3.05) is 13.2 Å². The molecule has 2 fully saturated rings. The van der Waals surface area contributed by atoms with Gasteiger partial charge in [-0.05, 0) is 25.3 Å². The summed E-state index contributed by atoms with van der Waals surface area (Å²) in [7, 11) is 0. The normalized spacial score (nSPS) is 26.7. The van der Waals surface area contributed by atoms with Crippen LogP contribution in [-0.2, 0) is 4.74 Å². The molecule has 120 valence electrons. The predicted molar refractivity (Wildman–Crippen MR) is 86.7 cm³/mol. The first-order valence-electron chi connectivity index (χ1n) is 8.47. The zero-order chi connectivity index (χ0) is 15.4. The molecule has 0 spiro atoms. The van der Waals surface area contributed by atoms with Gasteiger partial charge in [0.15, 0.2) is 0 Å². The third kappa shape index (κ3) is 3.61. The first-order valence-corrected chi connectivity index (χ1v) is 8.47. The molecule has 22 heavy (non-hydrogen) atoms. The minimum atomic E-state index is -0.0190. The molecule has 0 bridgehead atoms. The van der Waals surface area contributed by atoms with Crippen molar-refractivity contribution in [2.45, 2.75) is 57.2 Å². The lowest BCUT2D eigenvalue weighted by Crippen LogP contribution is -2.54. The summed E-state index contributed by atoms with van der Waals surface area (Å²) in [6.45, 7) is 3.28. The van der Waals surface area contributed by atoms with E-state index in [1.54, 1.807) is 0 Å². The van der Waals surface area contributed by atoms with Crippen LogP contribution < -0.4 is 5.32 Å². The molecule has 4 nitrogen and oxygen atoms in total. The molecule has 1 N–H and O–H groups in total. The summed E-state index contributed by atoms with van der Waals surface area (Å²) < 4.78 is 5.92. The van der Waals surface area contributed by atoms with Gasteiger partial charge in [0.2, 0.25) is 0 Å². The van der Waals surface area contributed by atoms with Crippen LogP contribution in [0.3, 0.4) is 0 Å². The summed E-state index contributed by atoms with van der Waals surface area (Å²) >= 11 is 0. The number of nitrogens with zero attached hydrogens (tertiary/aromatic N) is 1. The summed E-state index contributed by atoms with van der Waals surface area (Å²) in [5, 5.41) is 3.22. The second-order valence-corrected chi connectivity index (χ2v) is 6.52. The summed E-state index contributed by atoms with van der Waals surface area (Å²) in [5.41, 5.74) is 1.14. The Labute approximate surface area is 132 Å². The van der Waals surface area contributed by atoms with E-state index in [9.17, 15) is 4.79 Å². The number of hydrogen-bond acceptors (Lipinski definition) is 2. The number of urea groups is 1. The van der Waals surface area contributed by atoms with Crippen LogP contribution in [0.1, 0.15) is 50.7 Å². The molecular weight excluding hydrogens is 276 g/mol. The van der Waals surface area contributed by atoms with Crippen LogP contribution in [0.5, 0.6) is 0 Å². The van der Waals surface area contributed by atoms with Crippen molar-refractivity contribution in [1.82, 2.24) is 10.2 Å². The zero-order valence-electron chi connectivity index (χ0n) is 13.3. The molecule has 0 aromatic heterocycles. The first-order chi connectivity index (χ1) is 10.7. The van der Waals surface area contributed by atoms with Gasteiger partial charge in [-0.1, -0.05) is 49.6 Å². The highest BCUT2D eigenvalue weighted by molar-refractivity contribution is 5.75. The van der Waals surface area contributed by atoms with Gasteiger partial charge in [-0.3, -0.25) is 0 Å². The third-order valence-corrected chi connectivity index (χ3v) is 4.80. The van der Waals surface area contributed by atoms with Gasteiger partial charge in [-0.15, -0.1) is 0 Å². The largest absolute Gasteiger partial charge is 0.370 e. The fourth-order valence-electron chi connectivity index (χ4n) is 3.41. The average Bonchev–Trinajstić information content (AvgIpc) is 2.57. The third-order valence-electron chi connectivity index (χ3n) is 4.80. The molecule has 2 unspecified atom stereocenters. The molecule has 4 heteroatoms. The monoisotopic (exact) mass is 302 g/mol. The molecule has 1 saturated carbocycles. The average molecular weight is 302 g/mol. The Morgan fingerprint density at radius 3 is 2.64 bits per heavy atom. The second-order valence-electron chi connectivity index (χ2n) is 6.52. The number of hydrogen-bond donors (Lipinski definition) is 1. The molecule has 1 aliphatic heterocycles. The Kier molecular flexibility index (Phi) is 4.98. The summed E-state index contributed by atoms with van der Waals surface area (Å²) in [6, 6.07) is 10.7. The maximum Gasteiger partial charge on any atom is 0.318 e. The van der Waals surface area contributed by atoms with Crippen LogP contribution in [0.15, 0.2) is 30.3 Å². The maximum absolute atomic E-state index is 12.6. The molecule has 1 aromatic rings. The van der Waals surface area contributed by atoms with Crippen LogP contribution in [-0.4, -0.2) is 36.2 Å². The highest BCUT2D eigenvalue weighted by Gasteiger charge is 2.31. The lowest BCUT2D eigenvalue weighted by molar-refractivity contribution is -0.0432. The van der Waals surface area contributed by atoms with Gasteiger partial charge in [0.1, 0.15) is 6.10 Å². The van der Waals surface area contributed by atoms with Crippen LogP contribution in [0.2, 0.25) is 0 Å². The zero-order valence-corrected chi connectivity index (χ0v) is 13.3. The molecule has 1 saturated heterocycles. The van der Waals surface area contributed by atoms with E-state index in [-0.39, 0.29) is 18.2 Å². The van der Waals surface area contributed by atoms with Crippen LogP contribution in [0.4, 0.5) is 4.79 Å². The van der Waals surface area contributed by atoms with Crippen LogP contribution in [0.25, 0.3) is 0 Å².